The highest BCUT2D eigenvalue weighted by molar-refractivity contribution is 6.00. The molecule has 0 spiro atoms. The number of esters is 2. The maximum Gasteiger partial charge on any atom is 0.354 e. The smallest absolute Gasteiger partial charge is 0.354 e. The molecule has 0 amide bonds. The van der Waals surface area contributed by atoms with Crippen molar-refractivity contribution in [2.45, 2.75) is 12.8 Å². The van der Waals surface area contributed by atoms with Gasteiger partial charge in [0.1, 0.15) is 5.70 Å². The van der Waals surface area contributed by atoms with Gasteiger partial charge in [0.15, 0.2) is 0 Å². The van der Waals surface area contributed by atoms with Gasteiger partial charge < -0.3 is 19.4 Å². The Morgan fingerprint density at radius 3 is 2.62 bits per heavy atom. The zero-order valence-electron chi connectivity index (χ0n) is 14.2. The molecule has 6 heteroatoms. The molecule has 0 aliphatic heterocycles. The predicted octanol–water partition coefficient (Wildman–Crippen LogP) is 1.98. The predicted molar refractivity (Wildman–Crippen MR) is 91.8 cm³/mol. The standard InChI is InChI=1S/C18H22N2O4/c1-5-20-10-9-12-7-6-8-13(11-14(12)20)15(17(21)23-3)16(19-2)18(22)24-4/h5-7,9-10,13,19H,1,8,11H2,2-4H3/b16-15-. The fourth-order valence-electron chi connectivity index (χ4n) is 2.97. The Balaban J connectivity index is 2.53. The van der Waals surface area contributed by atoms with Crippen LogP contribution in [0, 0.1) is 5.92 Å². The second-order valence-electron chi connectivity index (χ2n) is 5.37. The third-order valence-electron chi connectivity index (χ3n) is 4.14. The minimum absolute atomic E-state index is 0.128. The third-order valence-corrected chi connectivity index (χ3v) is 4.14. The summed E-state index contributed by atoms with van der Waals surface area (Å²) in [5.41, 5.74) is 2.53. The summed E-state index contributed by atoms with van der Waals surface area (Å²) in [6, 6.07) is 2.00. The van der Waals surface area contributed by atoms with Gasteiger partial charge in [0.2, 0.25) is 0 Å². The fourth-order valence-corrected chi connectivity index (χ4v) is 2.97. The normalized spacial score (nSPS) is 17.2. The summed E-state index contributed by atoms with van der Waals surface area (Å²) >= 11 is 0. The zero-order valence-corrected chi connectivity index (χ0v) is 14.2. The van der Waals surface area contributed by atoms with E-state index in [-0.39, 0.29) is 11.6 Å². The van der Waals surface area contributed by atoms with Crippen LogP contribution < -0.4 is 5.32 Å². The molecule has 0 bridgehead atoms. The van der Waals surface area contributed by atoms with Gasteiger partial charge in [-0.3, -0.25) is 0 Å². The van der Waals surface area contributed by atoms with Gasteiger partial charge >= 0.3 is 11.9 Å². The Labute approximate surface area is 141 Å². The minimum Gasteiger partial charge on any atom is -0.466 e. The average Bonchev–Trinajstić information content (AvgIpc) is 2.87. The summed E-state index contributed by atoms with van der Waals surface area (Å²) in [7, 11) is 4.17. The van der Waals surface area contributed by atoms with E-state index in [4.69, 9.17) is 9.47 Å². The second-order valence-corrected chi connectivity index (χ2v) is 5.37. The van der Waals surface area contributed by atoms with Crippen molar-refractivity contribution < 1.29 is 19.1 Å². The summed E-state index contributed by atoms with van der Waals surface area (Å²) in [5.74, 6) is -1.35. The molecular weight excluding hydrogens is 308 g/mol. The van der Waals surface area contributed by atoms with Crippen molar-refractivity contribution >= 4 is 24.2 Å². The number of rotatable bonds is 5. The summed E-state index contributed by atoms with van der Waals surface area (Å²) in [6.45, 7) is 3.80. The SMILES string of the molecule is C=Cn1ccc2c1CC(/C(C(=O)OC)=C(/NC)C(=O)OC)CC=C2. The van der Waals surface area contributed by atoms with E-state index in [1.54, 1.807) is 13.2 Å². The average molecular weight is 330 g/mol. The molecule has 1 heterocycles. The van der Waals surface area contributed by atoms with Crippen LogP contribution in [0.15, 0.2) is 36.2 Å². The lowest BCUT2D eigenvalue weighted by Crippen LogP contribution is -2.28. The molecule has 1 N–H and O–H groups in total. The fraction of sp³-hybridized carbons (Fsp3) is 0.333. The van der Waals surface area contributed by atoms with Crippen molar-refractivity contribution in [3.05, 3.63) is 47.4 Å². The van der Waals surface area contributed by atoms with Gasteiger partial charge in [-0.15, -0.1) is 0 Å². The van der Waals surface area contributed by atoms with Gasteiger partial charge in [-0.2, -0.15) is 0 Å². The van der Waals surface area contributed by atoms with Crippen LogP contribution in [0.1, 0.15) is 17.7 Å². The summed E-state index contributed by atoms with van der Waals surface area (Å²) < 4.78 is 11.6. The van der Waals surface area contributed by atoms with Crippen LogP contribution in [0.2, 0.25) is 0 Å². The molecule has 1 aliphatic rings. The van der Waals surface area contributed by atoms with Crippen molar-refractivity contribution in [2.75, 3.05) is 21.3 Å². The molecule has 0 aromatic carbocycles. The molecule has 1 aromatic heterocycles. The number of carbonyl (C=O) groups excluding carboxylic acids is 2. The van der Waals surface area contributed by atoms with Crippen LogP contribution in [0.3, 0.4) is 0 Å². The van der Waals surface area contributed by atoms with Crippen LogP contribution in [0.25, 0.3) is 12.3 Å². The number of hydrogen-bond donors (Lipinski definition) is 1. The molecule has 1 aromatic rings. The molecule has 0 fully saturated rings. The number of allylic oxidation sites excluding steroid dienone is 1. The molecule has 0 radical (unpaired) electrons. The van der Waals surface area contributed by atoms with Crippen LogP contribution >= 0.6 is 0 Å². The molecule has 24 heavy (non-hydrogen) atoms. The Morgan fingerprint density at radius 1 is 1.33 bits per heavy atom. The molecular formula is C18H22N2O4. The number of likely N-dealkylation sites (N-methyl/N-ethyl adjacent to an activating group) is 1. The number of nitrogens with zero attached hydrogens (tertiary/aromatic N) is 1. The van der Waals surface area contributed by atoms with Crippen molar-refractivity contribution in [1.29, 1.82) is 0 Å². The molecule has 0 saturated heterocycles. The van der Waals surface area contributed by atoms with E-state index in [1.807, 2.05) is 29.0 Å². The Morgan fingerprint density at radius 2 is 2.04 bits per heavy atom. The number of aromatic nitrogens is 1. The van der Waals surface area contributed by atoms with Crippen molar-refractivity contribution in [1.82, 2.24) is 9.88 Å². The Hall–Kier alpha value is -2.76. The van der Waals surface area contributed by atoms with Crippen molar-refractivity contribution in [2.24, 2.45) is 5.92 Å². The van der Waals surface area contributed by atoms with E-state index in [2.05, 4.69) is 11.9 Å². The summed E-state index contributed by atoms with van der Waals surface area (Å²) in [5, 5.41) is 2.79. The second kappa shape index (κ2) is 7.68. The molecule has 0 saturated carbocycles. The lowest BCUT2D eigenvalue weighted by molar-refractivity contribution is -0.140. The van der Waals surface area contributed by atoms with E-state index in [0.29, 0.717) is 18.4 Å². The van der Waals surface area contributed by atoms with Crippen LogP contribution in [-0.2, 0) is 25.5 Å². The van der Waals surface area contributed by atoms with Crippen LogP contribution in [0.5, 0.6) is 0 Å². The van der Waals surface area contributed by atoms with Gasteiger partial charge in [-0.05, 0) is 24.5 Å². The molecule has 1 aliphatic carbocycles. The first-order chi connectivity index (χ1) is 11.6. The Bertz CT molecular complexity index is 713. The van der Waals surface area contributed by atoms with Crippen LogP contribution in [-0.4, -0.2) is 37.8 Å². The van der Waals surface area contributed by atoms with E-state index in [0.717, 1.165) is 11.3 Å². The van der Waals surface area contributed by atoms with Gasteiger partial charge in [0.25, 0.3) is 0 Å². The number of hydrogen-bond acceptors (Lipinski definition) is 5. The van der Waals surface area contributed by atoms with Gasteiger partial charge in [0.05, 0.1) is 19.8 Å². The molecule has 128 valence electrons. The number of carbonyl (C=O) groups is 2. The zero-order chi connectivity index (χ0) is 17.7. The monoisotopic (exact) mass is 330 g/mol. The maximum atomic E-state index is 12.4. The lowest BCUT2D eigenvalue weighted by Gasteiger charge is -2.20. The van der Waals surface area contributed by atoms with E-state index < -0.39 is 11.9 Å². The maximum absolute atomic E-state index is 12.4. The van der Waals surface area contributed by atoms with Crippen molar-refractivity contribution in [3.63, 3.8) is 0 Å². The number of methoxy groups -OCH3 is 2. The Kier molecular flexibility index (Phi) is 5.63. The third kappa shape index (κ3) is 3.27. The number of ether oxygens (including phenoxy) is 2. The van der Waals surface area contributed by atoms with Gasteiger partial charge in [-0.1, -0.05) is 18.7 Å². The van der Waals surface area contributed by atoms with E-state index in [9.17, 15) is 9.59 Å². The summed E-state index contributed by atoms with van der Waals surface area (Å²) in [6.07, 6.45) is 8.84. The topological polar surface area (TPSA) is 69.6 Å². The van der Waals surface area contributed by atoms with E-state index in [1.165, 1.54) is 14.2 Å². The summed E-state index contributed by atoms with van der Waals surface area (Å²) in [4.78, 5) is 24.4. The lowest BCUT2D eigenvalue weighted by atomic mass is 9.89. The van der Waals surface area contributed by atoms with E-state index >= 15 is 0 Å². The van der Waals surface area contributed by atoms with Crippen LogP contribution in [0.4, 0.5) is 0 Å². The largest absolute Gasteiger partial charge is 0.466 e. The molecule has 6 nitrogen and oxygen atoms in total. The minimum atomic E-state index is -0.592. The highest BCUT2D eigenvalue weighted by Gasteiger charge is 2.30. The molecule has 2 rings (SSSR count). The highest BCUT2D eigenvalue weighted by Crippen LogP contribution is 2.30. The number of nitrogens with one attached hydrogen (secondary N) is 1. The highest BCUT2D eigenvalue weighted by atomic mass is 16.5. The molecule has 1 unspecified atom stereocenters. The first-order valence-electron chi connectivity index (χ1n) is 7.64. The van der Waals surface area contributed by atoms with Gasteiger partial charge in [-0.25, -0.2) is 9.59 Å². The molecule has 1 atom stereocenters. The van der Waals surface area contributed by atoms with Gasteiger partial charge in [0, 0.05) is 31.1 Å². The first kappa shape index (κ1) is 17.6. The van der Waals surface area contributed by atoms with Crippen molar-refractivity contribution in [3.8, 4) is 0 Å². The number of fused-ring (bicyclic) bond motifs is 1. The quantitative estimate of drug-likeness (QED) is 0.660. The first-order valence-corrected chi connectivity index (χ1v) is 7.64.